The summed E-state index contributed by atoms with van der Waals surface area (Å²) in [4.78, 5) is 0. The largest absolute Gasteiger partial charge is 0.398 e. The number of nitrogen functional groups attached to an aromatic ring is 1. The van der Waals surface area contributed by atoms with E-state index in [1.807, 2.05) is 0 Å². The molecule has 0 aliphatic heterocycles. The zero-order valence-electron chi connectivity index (χ0n) is 7.27. The fourth-order valence-corrected chi connectivity index (χ4v) is 1.52. The summed E-state index contributed by atoms with van der Waals surface area (Å²) >= 11 is 0. The Bertz CT molecular complexity index is 377. The van der Waals surface area contributed by atoms with Gasteiger partial charge in [0.2, 0.25) is 0 Å². The zero-order valence-corrected chi connectivity index (χ0v) is 10.1. The van der Waals surface area contributed by atoms with Crippen molar-refractivity contribution in [2.45, 2.75) is 5.75 Å². The van der Waals surface area contributed by atoms with Gasteiger partial charge in [-0.1, -0.05) is 18.2 Å². The molecule has 4 nitrogen and oxygen atoms in total. The summed E-state index contributed by atoms with van der Waals surface area (Å²) in [5.41, 5.74) is 6.24. The molecular formula is C7H9NNaO3S. The first-order valence-corrected chi connectivity index (χ1v) is 4.88. The average molecular weight is 210 g/mol. The molecule has 1 aromatic rings. The van der Waals surface area contributed by atoms with Gasteiger partial charge in [0, 0.05) is 35.2 Å². The summed E-state index contributed by atoms with van der Waals surface area (Å²) in [6, 6.07) is 6.50. The maximum absolute atomic E-state index is 10.5. The van der Waals surface area contributed by atoms with Crippen molar-refractivity contribution in [3.63, 3.8) is 0 Å². The van der Waals surface area contributed by atoms with Crippen LogP contribution in [0, 0.1) is 0 Å². The van der Waals surface area contributed by atoms with Crippen LogP contribution in [0.4, 0.5) is 5.69 Å². The number of para-hydroxylation sites is 1. The van der Waals surface area contributed by atoms with Gasteiger partial charge in [-0.15, -0.1) is 0 Å². The van der Waals surface area contributed by atoms with E-state index in [4.69, 9.17) is 10.3 Å². The maximum Gasteiger partial charge on any atom is 0.269 e. The summed E-state index contributed by atoms with van der Waals surface area (Å²) in [6.45, 7) is 0. The molecular weight excluding hydrogens is 201 g/mol. The van der Waals surface area contributed by atoms with Crippen molar-refractivity contribution in [1.29, 1.82) is 0 Å². The molecule has 0 unspecified atom stereocenters. The first kappa shape index (κ1) is 12.9. The molecule has 1 aromatic carbocycles. The van der Waals surface area contributed by atoms with Gasteiger partial charge < -0.3 is 5.73 Å². The standard InChI is InChI=1S/C7H9NO3S.Na/c8-7-4-2-1-3-6(7)5-12(9,10)11;/h1-4H,5,8H2,(H,9,10,11);. The van der Waals surface area contributed by atoms with E-state index in [0.717, 1.165) is 0 Å². The van der Waals surface area contributed by atoms with Gasteiger partial charge in [-0.05, 0) is 11.6 Å². The fraction of sp³-hybridized carbons (Fsp3) is 0.143. The number of rotatable bonds is 2. The average Bonchev–Trinajstić information content (AvgIpc) is 1.91. The van der Waals surface area contributed by atoms with Gasteiger partial charge in [-0.25, -0.2) is 0 Å². The second-order valence-corrected chi connectivity index (χ2v) is 3.88. The molecule has 0 atom stereocenters. The Morgan fingerprint density at radius 1 is 1.31 bits per heavy atom. The third kappa shape index (κ3) is 4.64. The van der Waals surface area contributed by atoms with Crippen molar-refractivity contribution < 1.29 is 13.0 Å². The quantitative estimate of drug-likeness (QED) is 0.417. The first-order chi connectivity index (χ1) is 5.49. The zero-order chi connectivity index (χ0) is 9.19. The fourth-order valence-electron chi connectivity index (χ4n) is 0.862. The van der Waals surface area contributed by atoms with E-state index in [1.165, 1.54) is 0 Å². The minimum atomic E-state index is -3.98. The number of hydrogen-bond donors (Lipinski definition) is 2. The van der Waals surface area contributed by atoms with Crippen LogP contribution in [0.25, 0.3) is 0 Å². The van der Waals surface area contributed by atoms with Crippen LogP contribution in [0.1, 0.15) is 5.56 Å². The van der Waals surface area contributed by atoms with E-state index in [2.05, 4.69) is 0 Å². The van der Waals surface area contributed by atoms with Crippen molar-refractivity contribution in [2.24, 2.45) is 0 Å². The third-order valence-electron chi connectivity index (χ3n) is 1.39. The minimum Gasteiger partial charge on any atom is -0.398 e. The molecule has 0 spiro atoms. The van der Waals surface area contributed by atoms with Crippen molar-refractivity contribution >= 4 is 45.4 Å². The van der Waals surface area contributed by atoms with Crippen LogP contribution in [0.5, 0.6) is 0 Å². The van der Waals surface area contributed by atoms with Crippen molar-refractivity contribution in [3.05, 3.63) is 29.8 Å². The molecule has 0 aromatic heterocycles. The van der Waals surface area contributed by atoms with E-state index in [0.29, 0.717) is 11.3 Å². The molecule has 13 heavy (non-hydrogen) atoms. The van der Waals surface area contributed by atoms with Crippen molar-refractivity contribution in [1.82, 2.24) is 0 Å². The van der Waals surface area contributed by atoms with E-state index < -0.39 is 15.9 Å². The third-order valence-corrected chi connectivity index (χ3v) is 2.07. The van der Waals surface area contributed by atoms with Gasteiger partial charge >= 0.3 is 0 Å². The summed E-state index contributed by atoms with van der Waals surface area (Å²) in [5, 5.41) is 0. The van der Waals surface area contributed by atoms with E-state index in [-0.39, 0.29) is 29.6 Å². The molecule has 3 N–H and O–H groups in total. The molecule has 0 aliphatic carbocycles. The summed E-state index contributed by atoms with van der Waals surface area (Å²) in [5.74, 6) is -0.431. The Kier molecular flexibility index (Phi) is 4.95. The van der Waals surface area contributed by atoms with Crippen LogP contribution in [0.15, 0.2) is 24.3 Å². The van der Waals surface area contributed by atoms with Crippen LogP contribution in [-0.4, -0.2) is 42.5 Å². The van der Waals surface area contributed by atoms with Crippen LogP contribution >= 0.6 is 0 Å². The van der Waals surface area contributed by atoms with Crippen LogP contribution < -0.4 is 5.73 Å². The molecule has 6 heteroatoms. The normalized spacial score (nSPS) is 10.5. The molecule has 67 valence electrons. The number of anilines is 1. The topological polar surface area (TPSA) is 80.4 Å². The Morgan fingerprint density at radius 2 is 1.85 bits per heavy atom. The van der Waals surface area contributed by atoms with Crippen molar-refractivity contribution in [2.75, 3.05) is 5.73 Å². The molecule has 0 saturated heterocycles. The monoisotopic (exact) mass is 210 g/mol. The Labute approximate surface area is 99.2 Å². The molecule has 0 aliphatic rings. The van der Waals surface area contributed by atoms with Gasteiger partial charge in [0.05, 0.1) is 0 Å². The van der Waals surface area contributed by atoms with E-state index in [9.17, 15) is 8.42 Å². The number of hydrogen-bond acceptors (Lipinski definition) is 3. The van der Waals surface area contributed by atoms with Crippen LogP contribution in [0.3, 0.4) is 0 Å². The minimum absolute atomic E-state index is 0. The predicted molar refractivity (Wildman–Crippen MR) is 51.9 cm³/mol. The van der Waals surface area contributed by atoms with Gasteiger partial charge in [0.25, 0.3) is 10.1 Å². The van der Waals surface area contributed by atoms with Crippen LogP contribution in [0.2, 0.25) is 0 Å². The van der Waals surface area contributed by atoms with Gasteiger partial charge in [-0.2, -0.15) is 8.42 Å². The SMILES string of the molecule is Nc1ccccc1CS(=O)(=O)O.[Na]. The number of benzene rings is 1. The molecule has 0 amide bonds. The second kappa shape index (κ2) is 4.97. The molecule has 0 fully saturated rings. The smallest absolute Gasteiger partial charge is 0.269 e. The van der Waals surface area contributed by atoms with Gasteiger partial charge in [0.15, 0.2) is 0 Å². The Balaban J connectivity index is 0.00000144. The summed E-state index contributed by atoms with van der Waals surface area (Å²) < 4.78 is 29.4. The molecule has 0 saturated carbocycles. The summed E-state index contributed by atoms with van der Waals surface area (Å²) in [6.07, 6.45) is 0. The first-order valence-electron chi connectivity index (χ1n) is 3.27. The Morgan fingerprint density at radius 3 is 2.31 bits per heavy atom. The molecule has 0 bridgehead atoms. The molecule has 1 rings (SSSR count). The van der Waals surface area contributed by atoms with Gasteiger partial charge in [-0.3, -0.25) is 4.55 Å². The Hall–Kier alpha value is -0.0700. The van der Waals surface area contributed by atoms with E-state index >= 15 is 0 Å². The molecule has 0 heterocycles. The number of nitrogens with two attached hydrogens (primary N) is 1. The maximum atomic E-state index is 10.5. The predicted octanol–water partition coefficient (Wildman–Crippen LogP) is 0.276. The van der Waals surface area contributed by atoms with E-state index in [1.54, 1.807) is 24.3 Å². The van der Waals surface area contributed by atoms with Gasteiger partial charge in [0.1, 0.15) is 5.75 Å². The summed E-state index contributed by atoms with van der Waals surface area (Å²) in [7, 11) is -3.98. The van der Waals surface area contributed by atoms with Crippen LogP contribution in [-0.2, 0) is 15.9 Å². The second-order valence-electron chi connectivity index (χ2n) is 2.43. The van der Waals surface area contributed by atoms with Crippen molar-refractivity contribution in [3.8, 4) is 0 Å². The molecule has 1 radical (unpaired) electrons.